The van der Waals surface area contributed by atoms with Crippen LogP contribution in [-0.2, 0) is 9.59 Å². The maximum absolute atomic E-state index is 11.5. The molecule has 100 valence electrons. The Hall–Kier alpha value is -1.10. The molecule has 2 atom stereocenters. The van der Waals surface area contributed by atoms with E-state index in [9.17, 15) is 9.59 Å². The summed E-state index contributed by atoms with van der Waals surface area (Å²) in [5.41, 5.74) is 5.78. The molecular formula is C12H24N2O3. The highest BCUT2D eigenvalue weighted by Crippen LogP contribution is 2.07. The van der Waals surface area contributed by atoms with Crippen LogP contribution in [0.1, 0.15) is 40.0 Å². The Bertz CT molecular complexity index is 254. The van der Waals surface area contributed by atoms with Gasteiger partial charge in [-0.25, -0.2) is 0 Å². The Balaban J connectivity index is 3.92. The van der Waals surface area contributed by atoms with Crippen molar-refractivity contribution in [3.8, 4) is 0 Å². The van der Waals surface area contributed by atoms with Crippen molar-refractivity contribution in [2.75, 3.05) is 6.54 Å². The smallest absolute Gasteiger partial charge is 0.303 e. The average Bonchev–Trinajstić information content (AvgIpc) is 2.23. The maximum Gasteiger partial charge on any atom is 0.303 e. The van der Waals surface area contributed by atoms with Crippen LogP contribution < -0.4 is 11.1 Å². The molecule has 0 bridgehead atoms. The van der Waals surface area contributed by atoms with Crippen LogP contribution in [0.2, 0.25) is 0 Å². The van der Waals surface area contributed by atoms with E-state index in [4.69, 9.17) is 10.8 Å². The number of hydrogen-bond acceptors (Lipinski definition) is 3. The number of nitrogens with two attached hydrogens (primary N) is 1. The predicted octanol–water partition coefficient (Wildman–Crippen LogP) is 0.977. The van der Waals surface area contributed by atoms with Crippen molar-refractivity contribution >= 4 is 11.9 Å². The second-order valence-corrected chi connectivity index (χ2v) is 4.79. The summed E-state index contributed by atoms with van der Waals surface area (Å²) in [4.78, 5) is 22.1. The van der Waals surface area contributed by atoms with Crippen molar-refractivity contribution in [1.29, 1.82) is 0 Å². The molecular weight excluding hydrogens is 220 g/mol. The quantitative estimate of drug-likeness (QED) is 0.593. The first-order chi connectivity index (χ1) is 7.86. The van der Waals surface area contributed by atoms with E-state index in [2.05, 4.69) is 5.32 Å². The number of amides is 1. The van der Waals surface area contributed by atoms with Gasteiger partial charge in [-0.2, -0.15) is 0 Å². The molecule has 1 amide bonds. The number of carboxylic acid groups (broad SMARTS) is 1. The zero-order valence-corrected chi connectivity index (χ0v) is 10.9. The minimum atomic E-state index is -0.829. The molecule has 0 saturated carbocycles. The summed E-state index contributed by atoms with van der Waals surface area (Å²) in [5, 5.41) is 11.4. The van der Waals surface area contributed by atoms with Gasteiger partial charge in [-0.1, -0.05) is 27.2 Å². The highest BCUT2D eigenvalue weighted by molar-refractivity contribution is 5.76. The van der Waals surface area contributed by atoms with E-state index in [-0.39, 0.29) is 30.2 Å². The highest BCUT2D eigenvalue weighted by Gasteiger charge is 2.15. The number of rotatable bonds is 8. The summed E-state index contributed by atoms with van der Waals surface area (Å²) in [6.45, 7) is 6.26. The molecule has 0 aromatic carbocycles. The average molecular weight is 244 g/mol. The summed E-state index contributed by atoms with van der Waals surface area (Å²) < 4.78 is 0. The molecule has 4 N–H and O–H groups in total. The maximum atomic E-state index is 11.5. The topological polar surface area (TPSA) is 92.4 Å². The Morgan fingerprint density at radius 1 is 1.29 bits per heavy atom. The molecule has 0 rings (SSSR count). The highest BCUT2D eigenvalue weighted by atomic mass is 16.4. The number of carbonyl (C=O) groups excluding carboxylic acids is 1. The van der Waals surface area contributed by atoms with Gasteiger partial charge in [0.1, 0.15) is 0 Å². The molecule has 17 heavy (non-hydrogen) atoms. The van der Waals surface area contributed by atoms with Crippen LogP contribution in [0.25, 0.3) is 0 Å². The molecule has 0 fully saturated rings. The minimum absolute atomic E-state index is 0.00766. The van der Waals surface area contributed by atoms with E-state index in [0.717, 1.165) is 6.42 Å². The molecule has 0 aromatic heterocycles. The van der Waals surface area contributed by atoms with E-state index >= 15 is 0 Å². The number of carbonyl (C=O) groups is 2. The van der Waals surface area contributed by atoms with Gasteiger partial charge in [-0.15, -0.1) is 0 Å². The van der Waals surface area contributed by atoms with Gasteiger partial charge in [0.05, 0.1) is 0 Å². The monoisotopic (exact) mass is 244 g/mol. The van der Waals surface area contributed by atoms with Gasteiger partial charge >= 0.3 is 5.97 Å². The lowest BCUT2D eigenvalue weighted by Crippen LogP contribution is -2.37. The summed E-state index contributed by atoms with van der Waals surface area (Å²) >= 11 is 0. The molecule has 5 heteroatoms. The van der Waals surface area contributed by atoms with Crippen molar-refractivity contribution in [2.45, 2.75) is 46.1 Å². The second-order valence-electron chi connectivity index (χ2n) is 4.79. The van der Waals surface area contributed by atoms with Crippen LogP contribution in [0.3, 0.4) is 0 Å². The fourth-order valence-corrected chi connectivity index (χ4v) is 1.39. The molecule has 0 saturated heterocycles. The molecule has 0 aliphatic rings. The lowest BCUT2D eigenvalue weighted by atomic mass is 10.0. The van der Waals surface area contributed by atoms with Crippen LogP contribution >= 0.6 is 0 Å². The molecule has 0 heterocycles. The Morgan fingerprint density at radius 3 is 2.29 bits per heavy atom. The molecule has 0 spiro atoms. The van der Waals surface area contributed by atoms with Gasteiger partial charge in [0.25, 0.3) is 0 Å². The van der Waals surface area contributed by atoms with E-state index < -0.39 is 5.97 Å². The normalized spacial score (nSPS) is 14.4. The van der Waals surface area contributed by atoms with Gasteiger partial charge in [0.15, 0.2) is 0 Å². The lowest BCUT2D eigenvalue weighted by Gasteiger charge is -2.17. The summed E-state index contributed by atoms with van der Waals surface area (Å²) in [6, 6.07) is -0.144. The zero-order chi connectivity index (χ0) is 13.4. The third-order valence-corrected chi connectivity index (χ3v) is 2.91. The molecule has 0 aliphatic carbocycles. The van der Waals surface area contributed by atoms with Crippen LogP contribution in [0, 0.1) is 11.8 Å². The Labute approximate surface area is 103 Å². The van der Waals surface area contributed by atoms with Crippen LogP contribution in [0.15, 0.2) is 0 Å². The van der Waals surface area contributed by atoms with Crippen molar-refractivity contribution < 1.29 is 14.7 Å². The number of nitrogens with one attached hydrogen (secondary N) is 1. The fraction of sp³-hybridized carbons (Fsp3) is 0.833. The first kappa shape index (κ1) is 15.9. The second kappa shape index (κ2) is 8.06. The van der Waals surface area contributed by atoms with E-state index in [1.165, 1.54) is 0 Å². The number of aliphatic carboxylic acids is 1. The largest absolute Gasteiger partial charge is 0.481 e. The Kier molecular flexibility index (Phi) is 7.54. The van der Waals surface area contributed by atoms with Crippen LogP contribution in [0.5, 0.6) is 0 Å². The zero-order valence-electron chi connectivity index (χ0n) is 10.9. The van der Waals surface area contributed by atoms with Crippen LogP contribution in [0.4, 0.5) is 0 Å². The predicted molar refractivity (Wildman–Crippen MR) is 66.5 cm³/mol. The van der Waals surface area contributed by atoms with Crippen molar-refractivity contribution in [3.63, 3.8) is 0 Å². The van der Waals surface area contributed by atoms with Crippen molar-refractivity contribution in [3.05, 3.63) is 0 Å². The molecule has 0 radical (unpaired) electrons. The first-order valence-corrected chi connectivity index (χ1v) is 6.10. The lowest BCUT2D eigenvalue weighted by molar-refractivity contribution is -0.138. The molecule has 0 aliphatic heterocycles. The number of carboxylic acids is 1. The van der Waals surface area contributed by atoms with Crippen molar-refractivity contribution in [1.82, 2.24) is 5.32 Å². The third-order valence-electron chi connectivity index (χ3n) is 2.91. The first-order valence-electron chi connectivity index (χ1n) is 6.10. The van der Waals surface area contributed by atoms with E-state index in [0.29, 0.717) is 13.0 Å². The SMILES string of the molecule is CCC(CNC(=O)CC(N)C(C)C)CC(=O)O. The van der Waals surface area contributed by atoms with E-state index in [1.807, 2.05) is 20.8 Å². The van der Waals surface area contributed by atoms with Crippen LogP contribution in [-0.4, -0.2) is 29.6 Å². The summed E-state index contributed by atoms with van der Waals surface area (Å²) in [5.74, 6) is -0.673. The van der Waals surface area contributed by atoms with Crippen molar-refractivity contribution in [2.24, 2.45) is 17.6 Å². The van der Waals surface area contributed by atoms with E-state index in [1.54, 1.807) is 0 Å². The van der Waals surface area contributed by atoms with Gasteiger partial charge in [0, 0.05) is 25.4 Å². The number of hydrogen-bond donors (Lipinski definition) is 3. The standard InChI is InChI=1S/C12H24N2O3/c1-4-9(5-12(16)17)7-14-11(15)6-10(13)8(2)3/h8-10H,4-7,13H2,1-3H3,(H,14,15)(H,16,17). The third kappa shape index (κ3) is 7.74. The molecule has 5 nitrogen and oxygen atoms in total. The minimum Gasteiger partial charge on any atom is -0.481 e. The molecule has 2 unspecified atom stereocenters. The Morgan fingerprint density at radius 2 is 1.88 bits per heavy atom. The van der Waals surface area contributed by atoms with Gasteiger partial charge in [-0.3, -0.25) is 9.59 Å². The van der Waals surface area contributed by atoms with Gasteiger partial charge in [0.2, 0.25) is 5.91 Å². The fourth-order valence-electron chi connectivity index (χ4n) is 1.39. The summed E-state index contributed by atoms with van der Waals surface area (Å²) in [7, 11) is 0. The van der Waals surface area contributed by atoms with Gasteiger partial charge in [-0.05, 0) is 11.8 Å². The summed E-state index contributed by atoms with van der Waals surface area (Å²) in [6.07, 6.45) is 1.12. The van der Waals surface area contributed by atoms with Gasteiger partial charge < -0.3 is 16.2 Å². The molecule has 0 aromatic rings.